The zero-order valence-corrected chi connectivity index (χ0v) is 12.0. The highest BCUT2D eigenvalue weighted by Crippen LogP contribution is 2.12. The Morgan fingerprint density at radius 3 is 2.39 bits per heavy atom. The number of unbranched alkanes of at least 4 members (excludes halogenated alkanes) is 5. The fourth-order valence-electron chi connectivity index (χ4n) is 2.17. The third-order valence-electron chi connectivity index (χ3n) is 3.17. The number of carbonyl (C=O) groups is 1. The maximum Gasteiger partial charge on any atom is 0.221 e. The molecule has 0 saturated carbocycles. The molecule has 0 atom stereocenters. The summed E-state index contributed by atoms with van der Waals surface area (Å²) >= 11 is 5.28. The number of rotatable bonds is 9. The van der Waals surface area contributed by atoms with E-state index < -0.39 is 0 Å². The van der Waals surface area contributed by atoms with Gasteiger partial charge >= 0.3 is 0 Å². The van der Waals surface area contributed by atoms with Crippen molar-refractivity contribution in [2.75, 3.05) is 0 Å². The molecule has 0 aromatic heterocycles. The highest BCUT2D eigenvalue weighted by molar-refractivity contribution is 6.63. The van der Waals surface area contributed by atoms with Gasteiger partial charge in [-0.05, 0) is 43.4 Å². The summed E-state index contributed by atoms with van der Waals surface area (Å²) in [5.41, 5.74) is 2.79. The van der Waals surface area contributed by atoms with Crippen LogP contribution in [0.4, 0.5) is 0 Å². The second-order valence-electron chi connectivity index (χ2n) is 4.97. The standard InChI is InChI=1S/C16H23ClO/c1-14-9-8-11-15(13-14)10-6-4-2-3-5-7-12-16(17)18/h8-9,11,13H,2-7,10,12H2,1H3. The van der Waals surface area contributed by atoms with Crippen molar-refractivity contribution in [3.63, 3.8) is 0 Å². The SMILES string of the molecule is Cc1cccc(CCCCCCCCC(=O)Cl)c1. The molecule has 0 spiro atoms. The van der Waals surface area contributed by atoms with Crippen LogP contribution in [-0.4, -0.2) is 5.24 Å². The molecule has 0 saturated heterocycles. The first-order valence-corrected chi connectivity index (χ1v) is 7.30. The van der Waals surface area contributed by atoms with Gasteiger partial charge in [0.15, 0.2) is 0 Å². The van der Waals surface area contributed by atoms with Crippen LogP contribution in [0, 0.1) is 6.92 Å². The molecule has 2 heteroatoms. The molecule has 18 heavy (non-hydrogen) atoms. The predicted octanol–water partition coefficient (Wildman–Crippen LogP) is 5.03. The summed E-state index contributed by atoms with van der Waals surface area (Å²) in [6.07, 6.45) is 8.82. The van der Waals surface area contributed by atoms with Gasteiger partial charge in [-0.1, -0.05) is 55.5 Å². The van der Waals surface area contributed by atoms with Gasteiger partial charge < -0.3 is 0 Å². The molecule has 1 nitrogen and oxygen atoms in total. The third-order valence-corrected chi connectivity index (χ3v) is 3.36. The van der Waals surface area contributed by atoms with E-state index in [0.29, 0.717) is 6.42 Å². The van der Waals surface area contributed by atoms with Crippen LogP contribution in [0.1, 0.15) is 56.1 Å². The van der Waals surface area contributed by atoms with Crippen molar-refractivity contribution in [1.29, 1.82) is 0 Å². The number of benzene rings is 1. The van der Waals surface area contributed by atoms with Crippen molar-refractivity contribution in [1.82, 2.24) is 0 Å². The van der Waals surface area contributed by atoms with Gasteiger partial charge in [0.05, 0.1) is 0 Å². The fourth-order valence-corrected chi connectivity index (χ4v) is 2.30. The number of hydrogen-bond donors (Lipinski definition) is 0. The highest BCUT2D eigenvalue weighted by Gasteiger charge is 1.97. The van der Waals surface area contributed by atoms with Crippen molar-refractivity contribution >= 4 is 16.8 Å². The smallest absolute Gasteiger partial charge is 0.221 e. The van der Waals surface area contributed by atoms with E-state index in [1.807, 2.05) is 0 Å². The first-order chi connectivity index (χ1) is 8.68. The van der Waals surface area contributed by atoms with E-state index in [0.717, 1.165) is 12.8 Å². The average molecular weight is 267 g/mol. The molecule has 0 heterocycles. The topological polar surface area (TPSA) is 17.1 Å². The summed E-state index contributed by atoms with van der Waals surface area (Å²) < 4.78 is 0. The van der Waals surface area contributed by atoms with E-state index in [-0.39, 0.29) is 5.24 Å². The van der Waals surface area contributed by atoms with Gasteiger partial charge in [-0.3, -0.25) is 4.79 Å². The Morgan fingerprint density at radius 1 is 1.06 bits per heavy atom. The van der Waals surface area contributed by atoms with Crippen LogP contribution in [0.15, 0.2) is 24.3 Å². The molecule has 0 bridgehead atoms. The zero-order valence-electron chi connectivity index (χ0n) is 11.3. The van der Waals surface area contributed by atoms with Gasteiger partial charge in [0.25, 0.3) is 0 Å². The molecule has 0 aliphatic heterocycles. The lowest BCUT2D eigenvalue weighted by Crippen LogP contribution is -1.88. The normalized spacial score (nSPS) is 10.6. The molecule has 0 unspecified atom stereocenters. The summed E-state index contributed by atoms with van der Waals surface area (Å²) in [4.78, 5) is 10.5. The summed E-state index contributed by atoms with van der Waals surface area (Å²) in [7, 11) is 0. The molecule has 100 valence electrons. The summed E-state index contributed by atoms with van der Waals surface area (Å²) in [6, 6.07) is 8.75. The van der Waals surface area contributed by atoms with Crippen LogP contribution in [0.5, 0.6) is 0 Å². The Hall–Kier alpha value is -0.820. The monoisotopic (exact) mass is 266 g/mol. The summed E-state index contributed by atoms with van der Waals surface area (Å²) in [6.45, 7) is 2.14. The van der Waals surface area contributed by atoms with Crippen molar-refractivity contribution in [3.05, 3.63) is 35.4 Å². The Labute approximate surface area is 116 Å². The second-order valence-corrected chi connectivity index (χ2v) is 5.39. The molecule has 0 radical (unpaired) electrons. The van der Waals surface area contributed by atoms with E-state index in [4.69, 9.17) is 11.6 Å². The van der Waals surface area contributed by atoms with Gasteiger partial charge in [0.1, 0.15) is 0 Å². The number of aryl methyl sites for hydroxylation is 2. The van der Waals surface area contributed by atoms with Crippen LogP contribution in [0.2, 0.25) is 0 Å². The molecule has 1 rings (SSSR count). The first-order valence-electron chi connectivity index (χ1n) is 6.92. The minimum absolute atomic E-state index is 0.200. The molecule has 1 aromatic carbocycles. The first kappa shape index (κ1) is 15.2. The predicted molar refractivity (Wildman–Crippen MR) is 78.1 cm³/mol. The van der Waals surface area contributed by atoms with Crippen LogP contribution >= 0.6 is 11.6 Å². The Morgan fingerprint density at radius 2 is 1.72 bits per heavy atom. The minimum atomic E-state index is -0.200. The van der Waals surface area contributed by atoms with Crippen LogP contribution in [0.25, 0.3) is 0 Å². The minimum Gasteiger partial charge on any atom is -0.281 e. The molecule has 0 N–H and O–H groups in total. The van der Waals surface area contributed by atoms with E-state index in [1.54, 1.807) is 0 Å². The lowest BCUT2D eigenvalue weighted by atomic mass is 10.0. The highest BCUT2D eigenvalue weighted by atomic mass is 35.5. The molecule has 0 fully saturated rings. The van der Waals surface area contributed by atoms with Crippen molar-refractivity contribution in [3.8, 4) is 0 Å². The number of carbonyl (C=O) groups excluding carboxylic acids is 1. The van der Waals surface area contributed by atoms with Gasteiger partial charge in [-0.2, -0.15) is 0 Å². The van der Waals surface area contributed by atoms with Crippen LogP contribution in [-0.2, 0) is 11.2 Å². The molecular weight excluding hydrogens is 244 g/mol. The number of halogens is 1. The molecule has 0 aliphatic rings. The van der Waals surface area contributed by atoms with Crippen molar-refractivity contribution in [2.45, 2.75) is 58.3 Å². The van der Waals surface area contributed by atoms with Gasteiger partial charge in [0.2, 0.25) is 5.24 Å². The molecular formula is C16H23ClO. The summed E-state index contributed by atoms with van der Waals surface area (Å²) in [5, 5.41) is -0.200. The van der Waals surface area contributed by atoms with Gasteiger partial charge in [0, 0.05) is 6.42 Å². The number of hydrogen-bond acceptors (Lipinski definition) is 1. The summed E-state index contributed by atoms with van der Waals surface area (Å²) in [5.74, 6) is 0. The lowest BCUT2D eigenvalue weighted by Gasteiger charge is -2.03. The Bertz CT molecular complexity index is 360. The van der Waals surface area contributed by atoms with Crippen LogP contribution < -0.4 is 0 Å². The van der Waals surface area contributed by atoms with Crippen molar-refractivity contribution in [2.24, 2.45) is 0 Å². The quantitative estimate of drug-likeness (QED) is 0.452. The fraction of sp³-hybridized carbons (Fsp3) is 0.562. The lowest BCUT2D eigenvalue weighted by molar-refractivity contribution is -0.111. The van der Waals surface area contributed by atoms with Crippen molar-refractivity contribution < 1.29 is 4.79 Å². The van der Waals surface area contributed by atoms with Gasteiger partial charge in [-0.15, -0.1) is 0 Å². The Kier molecular flexibility index (Phi) is 7.75. The average Bonchev–Trinajstić information content (AvgIpc) is 2.32. The largest absolute Gasteiger partial charge is 0.281 e. The maximum atomic E-state index is 10.5. The maximum absolute atomic E-state index is 10.5. The molecule has 1 aromatic rings. The van der Waals surface area contributed by atoms with Crippen LogP contribution in [0.3, 0.4) is 0 Å². The Balaban J connectivity index is 1.97. The molecule has 0 aliphatic carbocycles. The zero-order chi connectivity index (χ0) is 13.2. The van der Waals surface area contributed by atoms with Gasteiger partial charge in [-0.25, -0.2) is 0 Å². The molecule has 0 amide bonds. The second kappa shape index (κ2) is 9.16. The van der Waals surface area contributed by atoms with E-state index >= 15 is 0 Å². The third kappa shape index (κ3) is 7.50. The van der Waals surface area contributed by atoms with E-state index in [1.165, 1.54) is 43.2 Å². The van der Waals surface area contributed by atoms with E-state index in [2.05, 4.69) is 31.2 Å². The van der Waals surface area contributed by atoms with E-state index in [9.17, 15) is 4.79 Å².